The first-order valence-corrected chi connectivity index (χ1v) is 13.5. The van der Waals surface area contributed by atoms with E-state index >= 15 is 0 Å². The van der Waals surface area contributed by atoms with Gasteiger partial charge in [-0.05, 0) is 65.7 Å². The van der Waals surface area contributed by atoms with Crippen molar-refractivity contribution in [2.24, 2.45) is 18.4 Å². The Hall–Kier alpha value is -1.60. The van der Waals surface area contributed by atoms with Gasteiger partial charge in [0.1, 0.15) is 0 Å². The number of hydrogen-bond donors (Lipinski definition) is 1. The van der Waals surface area contributed by atoms with E-state index in [2.05, 4.69) is 32.4 Å². The third-order valence-electron chi connectivity index (χ3n) is 7.01. The molecule has 1 saturated carbocycles. The standard InChI is InChI=1S/C22H27BrClN5O2S/c1-28-21(18(23)13-27-28)14-26-20-7-6-17(12-19(20)24)32(30,31)29-10-8-22(15-25,9-11-29)16-4-2-3-5-16/h6-7,12-13,16,26H,2-5,8-11,14H2,1H3. The van der Waals surface area contributed by atoms with Crippen LogP contribution in [0.15, 0.2) is 33.8 Å². The van der Waals surface area contributed by atoms with Crippen LogP contribution in [0, 0.1) is 22.7 Å². The second-order valence-electron chi connectivity index (χ2n) is 8.71. The lowest BCUT2D eigenvalue weighted by Crippen LogP contribution is -2.45. The van der Waals surface area contributed by atoms with Gasteiger partial charge in [-0.2, -0.15) is 14.7 Å². The maximum Gasteiger partial charge on any atom is 0.243 e. The highest BCUT2D eigenvalue weighted by Crippen LogP contribution is 2.47. The van der Waals surface area contributed by atoms with Gasteiger partial charge in [-0.15, -0.1) is 0 Å². The largest absolute Gasteiger partial charge is 0.378 e. The fourth-order valence-electron chi connectivity index (χ4n) is 4.98. The second-order valence-corrected chi connectivity index (χ2v) is 11.9. The Balaban J connectivity index is 1.45. The Bertz CT molecular complexity index is 1110. The van der Waals surface area contributed by atoms with E-state index in [0.717, 1.165) is 23.0 Å². The predicted octanol–water partition coefficient (Wildman–Crippen LogP) is 4.93. The van der Waals surface area contributed by atoms with Gasteiger partial charge >= 0.3 is 0 Å². The number of piperidine rings is 1. The van der Waals surface area contributed by atoms with E-state index in [4.69, 9.17) is 11.6 Å². The summed E-state index contributed by atoms with van der Waals surface area (Å²) in [7, 11) is -1.81. The summed E-state index contributed by atoms with van der Waals surface area (Å²) in [4.78, 5) is 0.181. The minimum atomic E-state index is -3.66. The number of nitriles is 1. The molecule has 32 heavy (non-hydrogen) atoms. The fraction of sp³-hybridized carbons (Fsp3) is 0.545. The summed E-state index contributed by atoms with van der Waals surface area (Å²) in [5, 5.41) is 17.6. The van der Waals surface area contributed by atoms with E-state index in [1.54, 1.807) is 23.0 Å². The van der Waals surface area contributed by atoms with Crippen molar-refractivity contribution in [2.45, 2.75) is 50.0 Å². The van der Waals surface area contributed by atoms with Crippen molar-refractivity contribution >= 4 is 43.2 Å². The summed E-state index contributed by atoms with van der Waals surface area (Å²) in [5.41, 5.74) is 1.23. The number of aryl methyl sites for hydroxylation is 1. The summed E-state index contributed by atoms with van der Waals surface area (Å²) >= 11 is 9.89. The number of nitrogens with one attached hydrogen (secondary N) is 1. The molecule has 4 rings (SSSR count). The van der Waals surface area contributed by atoms with E-state index in [9.17, 15) is 13.7 Å². The Morgan fingerprint density at radius 3 is 2.56 bits per heavy atom. The molecule has 1 saturated heterocycles. The summed E-state index contributed by atoms with van der Waals surface area (Å²) in [6, 6.07) is 7.35. The van der Waals surface area contributed by atoms with Gasteiger partial charge in [0.25, 0.3) is 0 Å². The second kappa shape index (κ2) is 9.34. The van der Waals surface area contributed by atoms with Crippen LogP contribution in [0.3, 0.4) is 0 Å². The summed E-state index contributed by atoms with van der Waals surface area (Å²) in [6.45, 7) is 1.24. The number of aromatic nitrogens is 2. The van der Waals surface area contributed by atoms with Crippen molar-refractivity contribution in [3.05, 3.63) is 39.6 Å². The van der Waals surface area contributed by atoms with Crippen molar-refractivity contribution in [1.82, 2.24) is 14.1 Å². The molecule has 1 aromatic heterocycles. The minimum absolute atomic E-state index is 0.181. The monoisotopic (exact) mass is 539 g/mol. The zero-order valence-corrected chi connectivity index (χ0v) is 21.2. The molecule has 7 nitrogen and oxygen atoms in total. The molecule has 2 heterocycles. The predicted molar refractivity (Wildman–Crippen MR) is 128 cm³/mol. The van der Waals surface area contributed by atoms with Crippen molar-refractivity contribution in [2.75, 3.05) is 18.4 Å². The summed E-state index contributed by atoms with van der Waals surface area (Å²) in [5.74, 6) is 0.400. The molecular weight excluding hydrogens is 514 g/mol. The number of hydrogen-bond acceptors (Lipinski definition) is 5. The maximum absolute atomic E-state index is 13.3. The molecule has 1 aliphatic heterocycles. The molecule has 1 aromatic carbocycles. The van der Waals surface area contributed by atoms with Gasteiger partial charge in [-0.25, -0.2) is 8.42 Å². The summed E-state index contributed by atoms with van der Waals surface area (Å²) in [6.07, 6.45) is 7.43. The lowest BCUT2D eigenvalue weighted by atomic mass is 9.69. The van der Waals surface area contributed by atoms with Crippen LogP contribution in [0.1, 0.15) is 44.2 Å². The molecule has 2 aromatic rings. The maximum atomic E-state index is 13.3. The van der Waals surface area contributed by atoms with Crippen molar-refractivity contribution in [3.63, 3.8) is 0 Å². The van der Waals surface area contributed by atoms with Gasteiger partial charge in [0, 0.05) is 20.1 Å². The smallest absolute Gasteiger partial charge is 0.243 e. The van der Waals surface area contributed by atoms with Gasteiger partial charge in [-0.1, -0.05) is 24.4 Å². The van der Waals surface area contributed by atoms with Crippen molar-refractivity contribution in [3.8, 4) is 6.07 Å². The van der Waals surface area contributed by atoms with Crippen LogP contribution in [0.25, 0.3) is 0 Å². The van der Waals surface area contributed by atoms with Crippen LogP contribution < -0.4 is 5.32 Å². The van der Waals surface area contributed by atoms with Crippen molar-refractivity contribution < 1.29 is 8.42 Å². The number of sulfonamides is 1. The molecule has 1 aliphatic carbocycles. The fourth-order valence-corrected chi connectivity index (χ4v) is 7.25. The van der Waals surface area contributed by atoms with Crippen LogP contribution in [-0.2, 0) is 23.6 Å². The molecule has 2 aliphatic rings. The van der Waals surface area contributed by atoms with E-state index < -0.39 is 10.0 Å². The molecule has 0 unspecified atom stereocenters. The number of halogens is 2. The SMILES string of the molecule is Cn1ncc(Br)c1CNc1ccc(S(=O)(=O)N2CCC(C#N)(C3CCCC3)CC2)cc1Cl. The van der Waals surface area contributed by atoms with Crippen LogP contribution in [0.5, 0.6) is 0 Å². The van der Waals surface area contributed by atoms with Crippen LogP contribution in [0.4, 0.5) is 5.69 Å². The highest BCUT2D eigenvalue weighted by molar-refractivity contribution is 9.10. The minimum Gasteiger partial charge on any atom is -0.378 e. The van der Waals surface area contributed by atoms with Crippen LogP contribution >= 0.6 is 27.5 Å². The first kappa shape index (κ1) is 23.6. The van der Waals surface area contributed by atoms with Gasteiger partial charge < -0.3 is 5.32 Å². The number of anilines is 1. The first-order valence-electron chi connectivity index (χ1n) is 10.9. The summed E-state index contributed by atoms with van der Waals surface area (Å²) < 4.78 is 30.7. The molecule has 0 radical (unpaired) electrons. The average molecular weight is 541 g/mol. The van der Waals surface area contributed by atoms with E-state index in [1.807, 2.05) is 7.05 Å². The molecule has 0 amide bonds. The molecule has 172 valence electrons. The Morgan fingerprint density at radius 1 is 1.31 bits per heavy atom. The number of benzene rings is 1. The molecule has 0 atom stereocenters. The highest BCUT2D eigenvalue weighted by atomic mass is 79.9. The Kier molecular flexibility index (Phi) is 6.87. The highest BCUT2D eigenvalue weighted by Gasteiger charge is 2.44. The van der Waals surface area contributed by atoms with Crippen LogP contribution in [0.2, 0.25) is 5.02 Å². The normalized spacial score (nSPS) is 19.7. The van der Waals surface area contributed by atoms with Gasteiger partial charge in [0.2, 0.25) is 10.0 Å². The van der Waals surface area contributed by atoms with Crippen molar-refractivity contribution in [1.29, 1.82) is 5.26 Å². The molecular formula is C22H27BrClN5O2S. The van der Waals surface area contributed by atoms with Gasteiger partial charge in [0.15, 0.2) is 0 Å². The van der Waals surface area contributed by atoms with E-state index in [-0.39, 0.29) is 10.3 Å². The molecule has 1 N–H and O–H groups in total. The van der Waals surface area contributed by atoms with Gasteiger partial charge in [-0.3, -0.25) is 4.68 Å². The third-order valence-corrected chi connectivity index (χ3v) is 9.88. The van der Waals surface area contributed by atoms with E-state index in [1.165, 1.54) is 23.2 Å². The zero-order chi connectivity index (χ0) is 22.9. The average Bonchev–Trinajstić information content (AvgIpc) is 3.44. The van der Waals surface area contributed by atoms with E-state index in [0.29, 0.717) is 49.1 Å². The quantitative estimate of drug-likeness (QED) is 0.561. The Labute approximate surface area is 202 Å². The molecule has 0 spiro atoms. The number of nitrogens with zero attached hydrogens (tertiary/aromatic N) is 4. The Morgan fingerprint density at radius 2 is 2.00 bits per heavy atom. The van der Waals surface area contributed by atoms with Gasteiger partial charge in [0.05, 0.1) is 50.0 Å². The lowest BCUT2D eigenvalue weighted by Gasteiger charge is -2.40. The molecule has 2 fully saturated rings. The lowest BCUT2D eigenvalue weighted by molar-refractivity contribution is 0.140. The first-order chi connectivity index (χ1) is 15.3. The topological polar surface area (TPSA) is 91.0 Å². The molecule has 10 heteroatoms. The van der Waals surface area contributed by atoms with Crippen LogP contribution in [-0.4, -0.2) is 35.6 Å². The third kappa shape index (κ3) is 4.43. The molecule has 0 bridgehead atoms. The zero-order valence-electron chi connectivity index (χ0n) is 18.0. The number of rotatable bonds is 6.